The van der Waals surface area contributed by atoms with Gasteiger partial charge in [-0.3, -0.25) is 14.4 Å². The standard InChI is InChI=1S/3C17H14O.2H2O/c3*18-17(13-11-15-7-3-1-4-8-15)14-12-16-9-5-2-6-10-16;;/h3*1-14H;2*1H2. The van der Waals surface area contributed by atoms with Crippen molar-refractivity contribution < 1.29 is 25.3 Å². The van der Waals surface area contributed by atoms with Crippen LogP contribution in [0.4, 0.5) is 0 Å². The van der Waals surface area contributed by atoms with E-state index in [0.29, 0.717) is 0 Å². The number of hydrogen-bond acceptors (Lipinski definition) is 3. The maximum absolute atomic E-state index is 11.6. The van der Waals surface area contributed by atoms with Gasteiger partial charge in [0.1, 0.15) is 0 Å². The van der Waals surface area contributed by atoms with Crippen molar-refractivity contribution in [1.29, 1.82) is 0 Å². The van der Waals surface area contributed by atoms with Crippen molar-refractivity contribution in [3.8, 4) is 0 Å². The Bertz CT molecular complexity index is 1760. The highest BCUT2D eigenvalue weighted by Gasteiger charge is 1.93. The molecule has 0 heterocycles. The predicted octanol–water partition coefficient (Wildman–Crippen LogP) is 10.3. The molecule has 0 unspecified atom stereocenters. The molecular weight excluding hydrogens is 693 g/mol. The second kappa shape index (κ2) is 27.3. The monoisotopic (exact) mass is 738 g/mol. The zero-order valence-corrected chi connectivity index (χ0v) is 31.0. The van der Waals surface area contributed by atoms with E-state index in [4.69, 9.17) is 0 Å². The van der Waals surface area contributed by atoms with Gasteiger partial charge in [0.05, 0.1) is 0 Å². The fourth-order valence-electron chi connectivity index (χ4n) is 4.62. The van der Waals surface area contributed by atoms with Crippen molar-refractivity contribution in [3.63, 3.8) is 0 Å². The van der Waals surface area contributed by atoms with Crippen molar-refractivity contribution in [2.24, 2.45) is 0 Å². The minimum atomic E-state index is -0.0114. The van der Waals surface area contributed by atoms with Gasteiger partial charge in [0, 0.05) is 0 Å². The minimum Gasteiger partial charge on any atom is -0.412 e. The molecule has 0 atom stereocenters. The van der Waals surface area contributed by atoms with E-state index in [1.165, 1.54) is 0 Å². The Balaban J connectivity index is 0.000000285. The van der Waals surface area contributed by atoms with E-state index < -0.39 is 0 Å². The molecule has 0 aromatic heterocycles. The summed E-state index contributed by atoms with van der Waals surface area (Å²) in [6.07, 6.45) is 20.4. The van der Waals surface area contributed by atoms with E-state index in [1.807, 2.05) is 218 Å². The summed E-state index contributed by atoms with van der Waals surface area (Å²) in [5, 5.41) is 0. The molecule has 0 bridgehead atoms. The van der Waals surface area contributed by atoms with Crippen molar-refractivity contribution in [2.75, 3.05) is 0 Å². The number of ketones is 3. The summed E-state index contributed by atoms with van der Waals surface area (Å²) in [4.78, 5) is 34.8. The van der Waals surface area contributed by atoms with Crippen LogP contribution in [0.2, 0.25) is 0 Å². The Kier molecular flexibility index (Phi) is 21.9. The molecule has 0 saturated carbocycles. The smallest absolute Gasteiger partial charge is 0.178 e. The molecule has 0 aliphatic rings. The van der Waals surface area contributed by atoms with Crippen LogP contribution < -0.4 is 0 Å². The number of benzene rings is 6. The van der Waals surface area contributed by atoms with Crippen LogP contribution in [0.1, 0.15) is 33.4 Å². The predicted molar refractivity (Wildman–Crippen MR) is 235 cm³/mol. The molecule has 0 aliphatic heterocycles. The average molecular weight is 739 g/mol. The summed E-state index contributed by atoms with van der Waals surface area (Å²) >= 11 is 0. The van der Waals surface area contributed by atoms with Gasteiger partial charge in [0.2, 0.25) is 0 Å². The summed E-state index contributed by atoms with van der Waals surface area (Å²) in [5.74, 6) is -0.0341. The van der Waals surface area contributed by atoms with Gasteiger partial charge in [0.25, 0.3) is 0 Å². The highest BCUT2D eigenvalue weighted by atomic mass is 16.1. The maximum Gasteiger partial charge on any atom is 0.178 e. The van der Waals surface area contributed by atoms with E-state index in [9.17, 15) is 14.4 Å². The van der Waals surface area contributed by atoms with E-state index in [2.05, 4.69) is 0 Å². The Labute approximate surface area is 330 Å². The van der Waals surface area contributed by atoms with E-state index in [0.717, 1.165) is 33.4 Å². The lowest BCUT2D eigenvalue weighted by molar-refractivity contribution is -0.111. The van der Waals surface area contributed by atoms with Crippen LogP contribution in [-0.4, -0.2) is 28.3 Å². The molecule has 0 amide bonds. The van der Waals surface area contributed by atoms with Gasteiger partial charge < -0.3 is 11.0 Å². The highest BCUT2D eigenvalue weighted by Crippen LogP contribution is 2.06. The molecule has 0 saturated heterocycles. The SMILES string of the molecule is O.O.O=C(C=Cc1ccccc1)C=Cc1ccccc1.O=C(C=Cc1ccccc1)C=Cc1ccccc1.O=C(C=Cc1ccccc1)C=Cc1ccccc1. The lowest BCUT2D eigenvalue weighted by Gasteiger charge is -1.91. The topological polar surface area (TPSA) is 114 Å². The molecule has 56 heavy (non-hydrogen) atoms. The van der Waals surface area contributed by atoms with E-state index >= 15 is 0 Å². The van der Waals surface area contributed by atoms with Crippen LogP contribution in [-0.2, 0) is 14.4 Å². The Hall–Kier alpha value is -7.31. The summed E-state index contributed by atoms with van der Waals surface area (Å²) in [5.41, 5.74) is 6.16. The molecule has 4 N–H and O–H groups in total. The first-order chi connectivity index (χ1) is 26.5. The van der Waals surface area contributed by atoms with Crippen molar-refractivity contribution >= 4 is 53.8 Å². The van der Waals surface area contributed by atoms with Crippen molar-refractivity contribution in [1.82, 2.24) is 0 Å². The quantitative estimate of drug-likeness (QED) is 0.116. The Morgan fingerprint density at radius 2 is 0.357 bits per heavy atom. The molecule has 0 fully saturated rings. The molecule has 0 spiro atoms. The third-order valence-corrected chi connectivity index (χ3v) is 7.44. The molecule has 0 aliphatic carbocycles. The van der Waals surface area contributed by atoms with Gasteiger partial charge in [-0.05, 0) is 69.8 Å². The third kappa shape index (κ3) is 19.5. The van der Waals surface area contributed by atoms with Gasteiger partial charge in [-0.25, -0.2) is 0 Å². The van der Waals surface area contributed by atoms with Crippen LogP contribution in [0.25, 0.3) is 36.5 Å². The summed E-state index contributed by atoms with van der Waals surface area (Å²) in [6.45, 7) is 0. The van der Waals surface area contributed by atoms with Crippen molar-refractivity contribution in [3.05, 3.63) is 252 Å². The second-order valence-corrected chi connectivity index (χ2v) is 11.7. The summed E-state index contributed by atoms with van der Waals surface area (Å²) in [7, 11) is 0. The lowest BCUT2D eigenvalue weighted by atomic mass is 10.1. The number of allylic oxidation sites excluding steroid dienone is 6. The minimum absolute atomic E-state index is 0. The van der Waals surface area contributed by atoms with Crippen LogP contribution in [0.5, 0.6) is 0 Å². The van der Waals surface area contributed by atoms with Crippen LogP contribution in [0.3, 0.4) is 0 Å². The van der Waals surface area contributed by atoms with Gasteiger partial charge >= 0.3 is 0 Å². The first kappa shape index (κ1) is 44.8. The van der Waals surface area contributed by atoms with Gasteiger partial charge in [-0.2, -0.15) is 0 Å². The first-order valence-corrected chi connectivity index (χ1v) is 17.5. The fourth-order valence-corrected chi connectivity index (χ4v) is 4.62. The van der Waals surface area contributed by atoms with Gasteiger partial charge in [-0.15, -0.1) is 0 Å². The average Bonchev–Trinajstić information content (AvgIpc) is 3.24. The number of hydrogen-bond donors (Lipinski definition) is 0. The number of rotatable bonds is 12. The molecule has 0 radical (unpaired) electrons. The Morgan fingerprint density at radius 1 is 0.232 bits per heavy atom. The zero-order chi connectivity index (χ0) is 37.9. The molecule has 5 heteroatoms. The molecule has 6 aromatic carbocycles. The normalized spacial score (nSPS) is 10.7. The summed E-state index contributed by atoms with van der Waals surface area (Å²) < 4.78 is 0. The van der Waals surface area contributed by atoms with Gasteiger partial charge in [0.15, 0.2) is 17.3 Å². The molecule has 5 nitrogen and oxygen atoms in total. The third-order valence-electron chi connectivity index (χ3n) is 7.44. The van der Waals surface area contributed by atoms with Crippen LogP contribution in [0.15, 0.2) is 218 Å². The number of carbonyl (C=O) groups excluding carboxylic acids is 3. The Morgan fingerprint density at radius 3 is 0.482 bits per heavy atom. The molecule has 6 aromatic rings. The fraction of sp³-hybridized carbons (Fsp3) is 0. The molecule has 280 valence electrons. The molecule has 6 rings (SSSR count). The first-order valence-electron chi connectivity index (χ1n) is 17.5. The van der Waals surface area contributed by atoms with Crippen LogP contribution in [0, 0.1) is 0 Å². The van der Waals surface area contributed by atoms with E-state index in [1.54, 1.807) is 36.5 Å². The van der Waals surface area contributed by atoms with Crippen LogP contribution >= 0.6 is 0 Å². The number of carbonyl (C=O) groups is 3. The highest BCUT2D eigenvalue weighted by molar-refractivity contribution is 6.05. The largest absolute Gasteiger partial charge is 0.412 e. The van der Waals surface area contributed by atoms with Gasteiger partial charge in [-0.1, -0.05) is 218 Å². The van der Waals surface area contributed by atoms with E-state index in [-0.39, 0.29) is 28.3 Å². The lowest BCUT2D eigenvalue weighted by Crippen LogP contribution is -1.84. The zero-order valence-electron chi connectivity index (χ0n) is 31.0. The summed E-state index contributed by atoms with van der Waals surface area (Å²) in [6, 6.07) is 58.7. The maximum atomic E-state index is 11.6. The second-order valence-electron chi connectivity index (χ2n) is 11.7. The van der Waals surface area contributed by atoms with Crippen molar-refractivity contribution in [2.45, 2.75) is 0 Å². The molecular formula is C51H46O5.